The molecule has 0 saturated heterocycles. The molecular weight excluding hydrogens is 304 g/mol. The quantitative estimate of drug-likeness (QED) is 0.698. The van der Waals surface area contributed by atoms with Gasteiger partial charge < -0.3 is 19.2 Å². The van der Waals surface area contributed by atoms with E-state index >= 15 is 0 Å². The molecule has 0 bridgehead atoms. The lowest BCUT2D eigenvalue weighted by Crippen LogP contribution is -2.03. The van der Waals surface area contributed by atoms with Gasteiger partial charge in [0.2, 0.25) is 5.75 Å². The number of benzene rings is 2. The first-order valence-electron chi connectivity index (χ1n) is 8.28. The maximum atomic E-state index is 5.77. The van der Waals surface area contributed by atoms with Crippen LogP contribution in [0.25, 0.3) is 22.4 Å². The maximum Gasteiger partial charge on any atom is 0.203 e. The van der Waals surface area contributed by atoms with Gasteiger partial charge in [-0.3, -0.25) is 0 Å². The molecule has 0 aliphatic heterocycles. The highest BCUT2D eigenvalue weighted by molar-refractivity contribution is 5.80. The number of H-pyrrole nitrogens is 1. The SMILES string of the molecule is CCOc1cc(-c2nc3ccccc3[nH]2)cc(OCC)c1OCC. The first kappa shape index (κ1) is 16.2. The average molecular weight is 326 g/mol. The summed E-state index contributed by atoms with van der Waals surface area (Å²) in [5, 5.41) is 0. The van der Waals surface area contributed by atoms with E-state index in [1.54, 1.807) is 0 Å². The Morgan fingerprint density at radius 1 is 0.875 bits per heavy atom. The number of rotatable bonds is 7. The van der Waals surface area contributed by atoms with Crippen LogP contribution in [-0.2, 0) is 0 Å². The number of hydrogen-bond acceptors (Lipinski definition) is 4. The van der Waals surface area contributed by atoms with Crippen molar-refractivity contribution in [1.82, 2.24) is 9.97 Å². The van der Waals surface area contributed by atoms with Crippen molar-refractivity contribution in [2.75, 3.05) is 19.8 Å². The number of fused-ring (bicyclic) bond motifs is 1. The van der Waals surface area contributed by atoms with E-state index in [0.29, 0.717) is 37.1 Å². The topological polar surface area (TPSA) is 56.4 Å². The van der Waals surface area contributed by atoms with Gasteiger partial charge >= 0.3 is 0 Å². The Bertz CT molecular complexity index is 766. The van der Waals surface area contributed by atoms with E-state index < -0.39 is 0 Å². The van der Waals surface area contributed by atoms with Crippen LogP contribution in [0.2, 0.25) is 0 Å². The van der Waals surface area contributed by atoms with Crippen LogP contribution in [0.3, 0.4) is 0 Å². The van der Waals surface area contributed by atoms with Gasteiger partial charge in [-0.15, -0.1) is 0 Å². The molecule has 3 aromatic rings. The van der Waals surface area contributed by atoms with Gasteiger partial charge in [0.25, 0.3) is 0 Å². The van der Waals surface area contributed by atoms with E-state index in [4.69, 9.17) is 14.2 Å². The summed E-state index contributed by atoms with van der Waals surface area (Å²) < 4.78 is 17.3. The smallest absolute Gasteiger partial charge is 0.203 e. The summed E-state index contributed by atoms with van der Waals surface area (Å²) in [4.78, 5) is 7.99. The number of nitrogens with one attached hydrogen (secondary N) is 1. The fraction of sp³-hybridized carbons (Fsp3) is 0.316. The fourth-order valence-corrected chi connectivity index (χ4v) is 2.61. The third kappa shape index (κ3) is 3.15. The van der Waals surface area contributed by atoms with Crippen LogP contribution in [-0.4, -0.2) is 29.8 Å². The second-order valence-corrected chi connectivity index (χ2v) is 5.20. The Labute approximate surface area is 141 Å². The molecule has 0 aliphatic rings. The molecule has 0 saturated carbocycles. The third-order valence-electron chi connectivity index (χ3n) is 3.57. The molecule has 0 fully saturated rings. The van der Waals surface area contributed by atoms with Gasteiger partial charge in [0.05, 0.1) is 30.9 Å². The molecule has 0 radical (unpaired) electrons. The number of imidazole rings is 1. The molecule has 0 amide bonds. The Hall–Kier alpha value is -2.69. The van der Waals surface area contributed by atoms with Gasteiger partial charge in [-0.05, 0) is 45.0 Å². The lowest BCUT2D eigenvalue weighted by atomic mass is 10.1. The summed E-state index contributed by atoms with van der Waals surface area (Å²) in [6.45, 7) is 7.49. The summed E-state index contributed by atoms with van der Waals surface area (Å²) in [6.07, 6.45) is 0. The predicted octanol–water partition coefficient (Wildman–Crippen LogP) is 4.43. The summed E-state index contributed by atoms with van der Waals surface area (Å²) >= 11 is 0. The molecule has 3 rings (SSSR count). The van der Waals surface area contributed by atoms with Crippen LogP contribution in [0, 0.1) is 0 Å². The molecule has 0 atom stereocenters. The number of hydrogen-bond donors (Lipinski definition) is 1. The molecule has 126 valence electrons. The molecule has 0 aliphatic carbocycles. The zero-order chi connectivity index (χ0) is 16.9. The van der Waals surface area contributed by atoms with E-state index in [1.165, 1.54) is 0 Å². The average Bonchev–Trinajstić information content (AvgIpc) is 3.02. The van der Waals surface area contributed by atoms with Crippen molar-refractivity contribution in [3.8, 4) is 28.6 Å². The van der Waals surface area contributed by atoms with Gasteiger partial charge in [-0.25, -0.2) is 4.98 Å². The third-order valence-corrected chi connectivity index (χ3v) is 3.57. The molecule has 1 N–H and O–H groups in total. The molecule has 1 heterocycles. The number of para-hydroxylation sites is 2. The van der Waals surface area contributed by atoms with Gasteiger partial charge in [0.1, 0.15) is 5.82 Å². The van der Waals surface area contributed by atoms with E-state index in [-0.39, 0.29) is 0 Å². The van der Waals surface area contributed by atoms with Crippen LogP contribution in [0.1, 0.15) is 20.8 Å². The molecule has 0 unspecified atom stereocenters. The standard InChI is InChI=1S/C19H22N2O3/c1-4-22-16-11-13(12-17(23-5-2)18(16)24-6-3)19-20-14-9-7-8-10-15(14)21-19/h7-12H,4-6H2,1-3H3,(H,20,21). The van der Waals surface area contributed by atoms with Crippen molar-refractivity contribution in [2.24, 2.45) is 0 Å². The van der Waals surface area contributed by atoms with E-state index in [1.807, 2.05) is 57.2 Å². The second-order valence-electron chi connectivity index (χ2n) is 5.20. The van der Waals surface area contributed by atoms with Gasteiger partial charge in [-0.1, -0.05) is 12.1 Å². The normalized spacial score (nSPS) is 10.8. The van der Waals surface area contributed by atoms with E-state index in [0.717, 1.165) is 22.4 Å². The lowest BCUT2D eigenvalue weighted by molar-refractivity contribution is 0.261. The minimum absolute atomic E-state index is 0.546. The number of aromatic amines is 1. The molecule has 24 heavy (non-hydrogen) atoms. The molecule has 0 spiro atoms. The van der Waals surface area contributed by atoms with Crippen LogP contribution < -0.4 is 14.2 Å². The first-order valence-corrected chi connectivity index (χ1v) is 8.28. The fourth-order valence-electron chi connectivity index (χ4n) is 2.61. The highest BCUT2D eigenvalue weighted by Crippen LogP contribution is 2.41. The van der Waals surface area contributed by atoms with Crippen LogP contribution in [0.15, 0.2) is 36.4 Å². The monoisotopic (exact) mass is 326 g/mol. The van der Waals surface area contributed by atoms with Crippen LogP contribution >= 0.6 is 0 Å². The van der Waals surface area contributed by atoms with Crippen molar-refractivity contribution in [3.63, 3.8) is 0 Å². The van der Waals surface area contributed by atoms with E-state index in [9.17, 15) is 0 Å². The number of aromatic nitrogens is 2. The second kappa shape index (κ2) is 7.25. The van der Waals surface area contributed by atoms with Crippen LogP contribution in [0.5, 0.6) is 17.2 Å². The van der Waals surface area contributed by atoms with Crippen LogP contribution in [0.4, 0.5) is 0 Å². The minimum Gasteiger partial charge on any atom is -0.490 e. The van der Waals surface area contributed by atoms with Gasteiger partial charge in [0, 0.05) is 5.56 Å². The Morgan fingerprint density at radius 2 is 1.50 bits per heavy atom. The molecule has 1 aromatic heterocycles. The molecule has 5 heteroatoms. The zero-order valence-electron chi connectivity index (χ0n) is 14.3. The van der Waals surface area contributed by atoms with Gasteiger partial charge in [-0.2, -0.15) is 0 Å². The molecular formula is C19H22N2O3. The molecule has 5 nitrogen and oxygen atoms in total. The summed E-state index contributed by atoms with van der Waals surface area (Å²) in [5.74, 6) is 2.75. The lowest BCUT2D eigenvalue weighted by Gasteiger charge is -2.16. The van der Waals surface area contributed by atoms with E-state index in [2.05, 4.69) is 9.97 Å². The zero-order valence-corrected chi connectivity index (χ0v) is 14.3. The highest BCUT2D eigenvalue weighted by Gasteiger charge is 2.17. The van der Waals surface area contributed by atoms with Crippen molar-refractivity contribution in [2.45, 2.75) is 20.8 Å². The Balaban J connectivity index is 2.12. The van der Waals surface area contributed by atoms with Crippen molar-refractivity contribution in [3.05, 3.63) is 36.4 Å². The maximum absolute atomic E-state index is 5.77. The predicted molar refractivity (Wildman–Crippen MR) is 95.0 cm³/mol. The highest BCUT2D eigenvalue weighted by atomic mass is 16.5. The van der Waals surface area contributed by atoms with Gasteiger partial charge in [0.15, 0.2) is 11.5 Å². The van der Waals surface area contributed by atoms with Crippen molar-refractivity contribution < 1.29 is 14.2 Å². The molecule has 2 aromatic carbocycles. The minimum atomic E-state index is 0.546. The number of ether oxygens (including phenoxy) is 3. The van der Waals surface area contributed by atoms with Crippen molar-refractivity contribution >= 4 is 11.0 Å². The number of nitrogens with zero attached hydrogens (tertiary/aromatic N) is 1. The Kier molecular flexibility index (Phi) is 4.89. The summed E-state index contributed by atoms with van der Waals surface area (Å²) in [5.41, 5.74) is 2.83. The summed E-state index contributed by atoms with van der Waals surface area (Å²) in [6, 6.07) is 11.8. The summed E-state index contributed by atoms with van der Waals surface area (Å²) in [7, 11) is 0. The first-order chi connectivity index (χ1) is 11.8. The Morgan fingerprint density at radius 3 is 2.08 bits per heavy atom. The van der Waals surface area contributed by atoms with Crippen molar-refractivity contribution in [1.29, 1.82) is 0 Å². The largest absolute Gasteiger partial charge is 0.490 e.